The molecule has 0 fully saturated rings. The zero-order valence-corrected chi connectivity index (χ0v) is 15.9. The maximum absolute atomic E-state index is 12.7. The van der Waals surface area contributed by atoms with E-state index in [0.717, 1.165) is 11.3 Å². The van der Waals surface area contributed by atoms with Crippen LogP contribution in [0.3, 0.4) is 0 Å². The van der Waals surface area contributed by atoms with E-state index in [9.17, 15) is 4.79 Å². The van der Waals surface area contributed by atoms with Crippen LogP contribution in [0.15, 0.2) is 36.5 Å². The van der Waals surface area contributed by atoms with Crippen LogP contribution in [0.5, 0.6) is 0 Å². The molecule has 6 heteroatoms. The average molecular weight is 351 g/mol. The van der Waals surface area contributed by atoms with Crippen molar-refractivity contribution in [3.63, 3.8) is 0 Å². The van der Waals surface area contributed by atoms with Gasteiger partial charge in [-0.2, -0.15) is 4.98 Å². The second-order valence-corrected chi connectivity index (χ2v) is 7.25. The molecule has 3 rings (SSSR count). The number of carbonyl (C=O) groups is 1. The summed E-state index contributed by atoms with van der Waals surface area (Å²) in [7, 11) is 0. The molecule has 3 aromatic rings. The molecule has 0 bridgehead atoms. The van der Waals surface area contributed by atoms with Crippen LogP contribution in [0, 0.1) is 12.8 Å². The van der Waals surface area contributed by atoms with E-state index in [0.29, 0.717) is 11.7 Å². The standard InChI is InChI=1S/C20H25N5O/c1-12(2)15-6-8-16(9-7-15)17(13(3)4)22-19(26)18-23-20-21-11-10-14(5)25(20)24-18/h6-13,17H,1-5H3,(H,22,26). The van der Waals surface area contributed by atoms with Gasteiger partial charge in [0.2, 0.25) is 5.82 Å². The molecule has 1 atom stereocenters. The topological polar surface area (TPSA) is 72.2 Å². The Morgan fingerprint density at radius 1 is 1.04 bits per heavy atom. The molecule has 1 aromatic carbocycles. The van der Waals surface area contributed by atoms with E-state index >= 15 is 0 Å². The molecule has 1 amide bonds. The van der Waals surface area contributed by atoms with E-state index < -0.39 is 0 Å². The quantitative estimate of drug-likeness (QED) is 0.761. The van der Waals surface area contributed by atoms with Gasteiger partial charge in [0.05, 0.1) is 6.04 Å². The van der Waals surface area contributed by atoms with Crippen molar-refractivity contribution in [2.45, 2.75) is 46.6 Å². The molecule has 26 heavy (non-hydrogen) atoms. The van der Waals surface area contributed by atoms with E-state index in [4.69, 9.17) is 0 Å². The summed E-state index contributed by atoms with van der Waals surface area (Å²) in [5.41, 5.74) is 3.24. The number of aromatic nitrogens is 4. The highest BCUT2D eigenvalue weighted by Gasteiger charge is 2.22. The molecule has 0 saturated carbocycles. The monoisotopic (exact) mass is 351 g/mol. The second kappa shape index (κ2) is 7.23. The number of hydrogen-bond donors (Lipinski definition) is 1. The molecular weight excluding hydrogens is 326 g/mol. The number of amides is 1. The number of nitrogens with one attached hydrogen (secondary N) is 1. The predicted molar refractivity (Wildman–Crippen MR) is 101 cm³/mol. The summed E-state index contributed by atoms with van der Waals surface area (Å²) in [5, 5.41) is 7.36. The van der Waals surface area contributed by atoms with Crippen molar-refractivity contribution in [2.75, 3.05) is 0 Å². The third-order valence-corrected chi connectivity index (χ3v) is 4.55. The fraction of sp³-hybridized carbons (Fsp3) is 0.400. The van der Waals surface area contributed by atoms with E-state index in [-0.39, 0.29) is 23.7 Å². The second-order valence-electron chi connectivity index (χ2n) is 7.25. The van der Waals surface area contributed by atoms with Gasteiger partial charge in [-0.3, -0.25) is 4.79 Å². The SMILES string of the molecule is Cc1ccnc2nc(C(=O)NC(c3ccc(C(C)C)cc3)C(C)C)nn12. The number of benzene rings is 1. The number of carbonyl (C=O) groups excluding carboxylic acids is 1. The van der Waals surface area contributed by atoms with Gasteiger partial charge in [0, 0.05) is 11.9 Å². The summed E-state index contributed by atoms with van der Waals surface area (Å²) in [6.45, 7) is 10.4. The zero-order valence-electron chi connectivity index (χ0n) is 15.9. The highest BCUT2D eigenvalue weighted by molar-refractivity contribution is 5.91. The molecule has 2 aromatic heterocycles. The smallest absolute Gasteiger partial charge is 0.291 e. The van der Waals surface area contributed by atoms with E-state index in [1.54, 1.807) is 10.7 Å². The Morgan fingerprint density at radius 3 is 2.27 bits per heavy atom. The number of nitrogens with zero attached hydrogens (tertiary/aromatic N) is 4. The molecule has 1 N–H and O–H groups in total. The third kappa shape index (κ3) is 3.59. The fourth-order valence-electron chi connectivity index (χ4n) is 2.93. The summed E-state index contributed by atoms with van der Waals surface area (Å²) < 4.78 is 1.58. The lowest BCUT2D eigenvalue weighted by molar-refractivity contribution is 0.0915. The van der Waals surface area contributed by atoms with Crippen molar-refractivity contribution >= 4 is 11.7 Å². The number of fused-ring (bicyclic) bond motifs is 1. The Hall–Kier alpha value is -2.76. The van der Waals surface area contributed by atoms with Gasteiger partial charge in [0.25, 0.3) is 11.7 Å². The molecule has 0 aliphatic carbocycles. The van der Waals surface area contributed by atoms with Gasteiger partial charge in [-0.25, -0.2) is 9.50 Å². The van der Waals surface area contributed by atoms with Crippen molar-refractivity contribution in [1.82, 2.24) is 24.9 Å². The molecule has 0 spiro atoms. The molecular formula is C20H25N5O. The number of aryl methyl sites for hydroxylation is 1. The molecule has 2 heterocycles. The Balaban J connectivity index is 1.84. The molecule has 1 unspecified atom stereocenters. The van der Waals surface area contributed by atoms with Crippen molar-refractivity contribution in [1.29, 1.82) is 0 Å². The summed E-state index contributed by atoms with van der Waals surface area (Å²) in [6, 6.07) is 10.1. The number of hydrogen-bond acceptors (Lipinski definition) is 4. The van der Waals surface area contributed by atoms with Crippen molar-refractivity contribution < 1.29 is 4.79 Å². The molecule has 0 aliphatic heterocycles. The van der Waals surface area contributed by atoms with Crippen LogP contribution in [0.25, 0.3) is 5.78 Å². The minimum absolute atomic E-state index is 0.107. The lowest BCUT2D eigenvalue weighted by atomic mass is 9.93. The first-order valence-electron chi connectivity index (χ1n) is 8.96. The van der Waals surface area contributed by atoms with Crippen LogP contribution in [-0.2, 0) is 0 Å². The Kier molecular flexibility index (Phi) is 5.02. The summed E-state index contributed by atoms with van der Waals surface area (Å²) in [6.07, 6.45) is 1.66. The molecule has 6 nitrogen and oxygen atoms in total. The van der Waals surface area contributed by atoms with Crippen molar-refractivity contribution in [3.05, 3.63) is 59.2 Å². The maximum atomic E-state index is 12.7. The Bertz CT molecular complexity index is 912. The normalized spacial score (nSPS) is 12.7. The van der Waals surface area contributed by atoms with Gasteiger partial charge in [-0.1, -0.05) is 52.0 Å². The van der Waals surface area contributed by atoms with Crippen LogP contribution < -0.4 is 5.32 Å². The predicted octanol–water partition coefficient (Wildman–Crippen LogP) is 3.68. The summed E-state index contributed by atoms with van der Waals surface area (Å²) in [4.78, 5) is 21.1. The first-order chi connectivity index (χ1) is 12.4. The highest BCUT2D eigenvalue weighted by Crippen LogP contribution is 2.24. The van der Waals surface area contributed by atoms with Crippen LogP contribution in [0.2, 0.25) is 0 Å². The Morgan fingerprint density at radius 2 is 1.69 bits per heavy atom. The van der Waals surface area contributed by atoms with Gasteiger partial charge >= 0.3 is 0 Å². The lowest BCUT2D eigenvalue weighted by Gasteiger charge is -2.22. The van der Waals surface area contributed by atoms with Gasteiger partial charge in [-0.15, -0.1) is 5.10 Å². The third-order valence-electron chi connectivity index (χ3n) is 4.55. The molecule has 0 radical (unpaired) electrons. The van der Waals surface area contributed by atoms with Crippen LogP contribution in [0.1, 0.15) is 67.1 Å². The van der Waals surface area contributed by atoms with Gasteiger partial charge in [0.1, 0.15) is 0 Å². The summed E-state index contributed by atoms with van der Waals surface area (Å²) >= 11 is 0. The van der Waals surface area contributed by atoms with Crippen LogP contribution in [0.4, 0.5) is 0 Å². The maximum Gasteiger partial charge on any atom is 0.291 e. The fourth-order valence-corrected chi connectivity index (χ4v) is 2.93. The minimum Gasteiger partial charge on any atom is -0.342 e. The first kappa shape index (κ1) is 18.0. The van der Waals surface area contributed by atoms with E-state index in [1.807, 2.05) is 13.0 Å². The average Bonchev–Trinajstić information content (AvgIpc) is 3.05. The molecule has 0 saturated heterocycles. The first-order valence-corrected chi connectivity index (χ1v) is 8.96. The van der Waals surface area contributed by atoms with E-state index in [2.05, 4.69) is 72.3 Å². The van der Waals surface area contributed by atoms with Crippen molar-refractivity contribution in [3.8, 4) is 0 Å². The van der Waals surface area contributed by atoms with Gasteiger partial charge in [-0.05, 0) is 36.0 Å². The Labute approximate surface area is 153 Å². The largest absolute Gasteiger partial charge is 0.342 e. The zero-order chi connectivity index (χ0) is 18.8. The number of rotatable bonds is 5. The van der Waals surface area contributed by atoms with Crippen LogP contribution >= 0.6 is 0 Å². The lowest BCUT2D eigenvalue weighted by Crippen LogP contribution is -2.32. The van der Waals surface area contributed by atoms with Crippen LogP contribution in [-0.4, -0.2) is 25.5 Å². The molecule has 136 valence electrons. The summed E-state index contributed by atoms with van der Waals surface area (Å²) in [5.74, 6) is 0.991. The highest BCUT2D eigenvalue weighted by atomic mass is 16.2. The van der Waals surface area contributed by atoms with E-state index in [1.165, 1.54) is 5.56 Å². The van der Waals surface area contributed by atoms with Crippen molar-refractivity contribution in [2.24, 2.45) is 5.92 Å². The minimum atomic E-state index is -0.290. The van der Waals surface area contributed by atoms with Gasteiger partial charge < -0.3 is 5.32 Å². The molecule has 0 aliphatic rings. The van der Waals surface area contributed by atoms with Gasteiger partial charge in [0.15, 0.2) is 0 Å².